The van der Waals surface area contributed by atoms with Crippen molar-refractivity contribution in [3.63, 3.8) is 0 Å². The van der Waals surface area contributed by atoms with Crippen LogP contribution < -0.4 is 5.73 Å². The first-order valence-electron chi connectivity index (χ1n) is 7.17. The van der Waals surface area contributed by atoms with Crippen molar-refractivity contribution < 1.29 is 13.2 Å². The van der Waals surface area contributed by atoms with Gasteiger partial charge in [0.1, 0.15) is 0 Å². The Morgan fingerprint density at radius 1 is 1.09 bits per heavy atom. The van der Waals surface area contributed by atoms with Crippen LogP contribution in [-0.2, 0) is 14.8 Å². The molecule has 1 saturated carbocycles. The van der Waals surface area contributed by atoms with Crippen LogP contribution in [0.4, 0.5) is 0 Å². The monoisotopic (exact) mass is 343 g/mol. The maximum Gasteiger partial charge on any atom is 0.243 e. The molecular weight excluding hydrogens is 326 g/mol. The summed E-state index contributed by atoms with van der Waals surface area (Å²) in [5, 5.41) is 0.493. The summed E-state index contributed by atoms with van der Waals surface area (Å²) in [6, 6.07) is 6.10. The summed E-state index contributed by atoms with van der Waals surface area (Å²) in [6.07, 6.45) is 1.43. The van der Waals surface area contributed by atoms with Gasteiger partial charge in [0.05, 0.1) is 10.4 Å². The molecule has 1 saturated heterocycles. The maximum absolute atomic E-state index is 12.5. The van der Waals surface area contributed by atoms with Gasteiger partial charge >= 0.3 is 0 Å². The highest BCUT2D eigenvalue weighted by atomic mass is 35.5. The minimum absolute atomic E-state index is 0.0592. The first kappa shape index (κ1) is 15.7. The Labute approximate surface area is 134 Å². The summed E-state index contributed by atoms with van der Waals surface area (Å²) in [5.74, 6) is -0.0592. The van der Waals surface area contributed by atoms with Crippen molar-refractivity contribution in [2.24, 2.45) is 5.73 Å². The van der Waals surface area contributed by atoms with Crippen LogP contribution in [0.3, 0.4) is 0 Å². The molecule has 8 heteroatoms. The van der Waals surface area contributed by atoms with Gasteiger partial charge in [-0.2, -0.15) is 4.31 Å². The number of amides is 1. The van der Waals surface area contributed by atoms with Crippen molar-refractivity contribution in [2.75, 3.05) is 26.2 Å². The Morgan fingerprint density at radius 3 is 2.14 bits per heavy atom. The van der Waals surface area contributed by atoms with Gasteiger partial charge in [0.2, 0.25) is 15.9 Å². The van der Waals surface area contributed by atoms with Crippen LogP contribution in [0.25, 0.3) is 0 Å². The van der Waals surface area contributed by atoms with Crippen molar-refractivity contribution in [2.45, 2.75) is 23.3 Å². The lowest BCUT2D eigenvalue weighted by Crippen LogP contribution is -2.55. The molecule has 2 aliphatic rings. The first-order valence-corrected chi connectivity index (χ1v) is 8.99. The zero-order chi connectivity index (χ0) is 16.0. The van der Waals surface area contributed by atoms with E-state index in [-0.39, 0.29) is 23.9 Å². The number of hydrogen-bond donors (Lipinski definition) is 1. The highest BCUT2D eigenvalue weighted by Crippen LogP contribution is 2.34. The fourth-order valence-corrected chi connectivity index (χ4v) is 4.10. The number of nitrogens with zero attached hydrogens (tertiary/aromatic N) is 2. The van der Waals surface area contributed by atoms with E-state index in [0.29, 0.717) is 18.1 Å². The second-order valence-electron chi connectivity index (χ2n) is 5.81. The predicted molar refractivity (Wildman–Crippen MR) is 82.9 cm³/mol. The Bertz CT molecular complexity index is 678. The molecule has 0 unspecified atom stereocenters. The fraction of sp³-hybridized carbons (Fsp3) is 0.500. The zero-order valence-corrected chi connectivity index (χ0v) is 13.6. The standard InChI is InChI=1S/C14H18ClN3O3S/c15-11-1-3-12(4-2-11)22(20,21)18-9-7-17(8-10-18)13(19)14(16)5-6-14/h1-4H,5-10,16H2. The van der Waals surface area contributed by atoms with E-state index in [0.717, 1.165) is 12.8 Å². The highest BCUT2D eigenvalue weighted by Gasteiger charge is 2.48. The number of halogens is 1. The van der Waals surface area contributed by atoms with Crippen LogP contribution in [0.2, 0.25) is 5.02 Å². The molecule has 0 aromatic heterocycles. The van der Waals surface area contributed by atoms with Crippen LogP contribution in [0.1, 0.15) is 12.8 Å². The summed E-state index contributed by atoms with van der Waals surface area (Å²) in [4.78, 5) is 14.0. The SMILES string of the molecule is NC1(C(=O)N2CCN(S(=O)(=O)c3ccc(Cl)cc3)CC2)CC1. The third-order valence-electron chi connectivity index (χ3n) is 4.19. The van der Waals surface area contributed by atoms with Gasteiger partial charge in [-0.15, -0.1) is 0 Å². The molecule has 0 radical (unpaired) electrons. The summed E-state index contributed by atoms with van der Waals surface area (Å²) >= 11 is 5.79. The number of carbonyl (C=O) groups excluding carboxylic acids is 1. The van der Waals surface area contributed by atoms with Crippen molar-refractivity contribution in [1.82, 2.24) is 9.21 Å². The first-order chi connectivity index (χ1) is 10.3. The van der Waals surface area contributed by atoms with Crippen molar-refractivity contribution >= 4 is 27.5 Å². The van der Waals surface area contributed by atoms with Crippen molar-refractivity contribution in [3.05, 3.63) is 29.3 Å². The van der Waals surface area contributed by atoms with Gasteiger partial charge in [-0.25, -0.2) is 8.42 Å². The molecule has 3 rings (SSSR count). The maximum atomic E-state index is 12.5. The van der Waals surface area contributed by atoms with Gasteiger partial charge < -0.3 is 10.6 Å². The van der Waals surface area contributed by atoms with Crippen molar-refractivity contribution in [3.8, 4) is 0 Å². The number of piperazine rings is 1. The van der Waals surface area contributed by atoms with Crippen LogP contribution in [-0.4, -0.2) is 55.2 Å². The molecular formula is C14H18ClN3O3S. The molecule has 2 N–H and O–H groups in total. The molecule has 1 aromatic rings. The molecule has 1 heterocycles. The summed E-state index contributed by atoms with van der Waals surface area (Å²) in [6.45, 7) is 1.33. The van der Waals surface area contributed by atoms with Crippen LogP contribution in [0.15, 0.2) is 29.2 Å². The topological polar surface area (TPSA) is 83.7 Å². The highest BCUT2D eigenvalue weighted by molar-refractivity contribution is 7.89. The van der Waals surface area contributed by atoms with Crippen LogP contribution >= 0.6 is 11.6 Å². The van der Waals surface area contributed by atoms with E-state index in [4.69, 9.17) is 17.3 Å². The van der Waals surface area contributed by atoms with Gasteiger partial charge in [0.25, 0.3) is 0 Å². The molecule has 120 valence electrons. The average Bonchev–Trinajstić information content (AvgIpc) is 3.26. The number of hydrogen-bond acceptors (Lipinski definition) is 4. The fourth-order valence-electron chi connectivity index (χ4n) is 2.55. The number of sulfonamides is 1. The molecule has 1 aromatic carbocycles. The number of benzene rings is 1. The molecule has 2 fully saturated rings. The summed E-state index contributed by atoms with van der Waals surface area (Å²) in [7, 11) is -3.54. The minimum Gasteiger partial charge on any atom is -0.338 e. The predicted octanol–water partition coefficient (Wildman–Crippen LogP) is 0.664. The Morgan fingerprint density at radius 2 is 1.64 bits per heavy atom. The van der Waals surface area contributed by atoms with Gasteiger partial charge in [0, 0.05) is 31.2 Å². The average molecular weight is 344 g/mol. The smallest absolute Gasteiger partial charge is 0.243 e. The normalized spacial score (nSPS) is 21.6. The molecule has 1 amide bonds. The third kappa shape index (κ3) is 2.86. The Kier molecular flexibility index (Phi) is 3.92. The molecule has 22 heavy (non-hydrogen) atoms. The van der Waals surface area contributed by atoms with E-state index in [1.165, 1.54) is 16.4 Å². The van der Waals surface area contributed by atoms with Gasteiger partial charge in [-0.1, -0.05) is 11.6 Å². The van der Waals surface area contributed by atoms with Gasteiger partial charge in [-0.05, 0) is 37.1 Å². The van der Waals surface area contributed by atoms with Gasteiger partial charge in [-0.3, -0.25) is 4.79 Å². The summed E-state index contributed by atoms with van der Waals surface area (Å²) < 4.78 is 26.5. The van der Waals surface area contributed by atoms with E-state index >= 15 is 0 Å². The summed E-state index contributed by atoms with van der Waals surface area (Å²) in [5.41, 5.74) is 5.21. The number of rotatable bonds is 3. The zero-order valence-electron chi connectivity index (χ0n) is 12.0. The lowest BCUT2D eigenvalue weighted by Gasteiger charge is -2.35. The van der Waals surface area contributed by atoms with E-state index in [2.05, 4.69) is 0 Å². The molecule has 0 atom stereocenters. The van der Waals surface area contributed by atoms with Crippen LogP contribution in [0, 0.1) is 0 Å². The lowest BCUT2D eigenvalue weighted by atomic mass is 10.2. The molecule has 0 bridgehead atoms. The van der Waals surface area contributed by atoms with E-state index in [1.807, 2.05) is 0 Å². The van der Waals surface area contributed by atoms with E-state index in [1.54, 1.807) is 17.0 Å². The lowest BCUT2D eigenvalue weighted by molar-refractivity contribution is -0.134. The molecule has 1 aliphatic heterocycles. The quantitative estimate of drug-likeness (QED) is 0.874. The van der Waals surface area contributed by atoms with E-state index < -0.39 is 15.6 Å². The van der Waals surface area contributed by atoms with Crippen LogP contribution in [0.5, 0.6) is 0 Å². The second kappa shape index (κ2) is 5.49. The van der Waals surface area contributed by atoms with Gasteiger partial charge in [0.15, 0.2) is 0 Å². The third-order valence-corrected chi connectivity index (χ3v) is 6.36. The molecule has 0 spiro atoms. The second-order valence-corrected chi connectivity index (χ2v) is 8.18. The van der Waals surface area contributed by atoms with Crippen molar-refractivity contribution in [1.29, 1.82) is 0 Å². The minimum atomic E-state index is -3.54. The molecule has 6 nitrogen and oxygen atoms in total. The molecule has 1 aliphatic carbocycles. The number of nitrogens with two attached hydrogens (primary N) is 1. The Balaban J connectivity index is 1.68. The van der Waals surface area contributed by atoms with E-state index in [9.17, 15) is 13.2 Å². The Hall–Kier alpha value is -1.15. The number of carbonyl (C=O) groups is 1. The largest absolute Gasteiger partial charge is 0.338 e.